The minimum atomic E-state index is -0.624. The molecule has 0 aliphatic rings. The van der Waals surface area contributed by atoms with E-state index in [0.717, 1.165) is 38.8 Å². The van der Waals surface area contributed by atoms with Crippen molar-refractivity contribution in [2.75, 3.05) is 5.32 Å². The zero-order valence-electron chi connectivity index (χ0n) is 17.2. The molecular weight excluding hydrogens is 362 g/mol. The molecular formula is C25H25NO3. The predicted octanol–water partition coefficient (Wildman–Crippen LogP) is 6.42. The van der Waals surface area contributed by atoms with E-state index in [4.69, 9.17) is 9.15 Å². The van der Waals surface area contributed by atoms with Gasteiger partial charge in [-0.05, 0) is 55.2 Å². The maximum absolute atomic E-state index is 12.7. The number of fused-ring (bicyclic) bond motifs is 3. The van der Waals surface area contributed by atoms with Crippen LogP contribution in [0.4, 0.5) is 5.69 Å². The number of hydrogen-bond donors (Lipinski definition) is 1. The minimum absolute atomic E-state index is 0.198. The van der Waals surface area contributed by atoms with Crippen LogP contribution < -0.4 is 10.1 Å². The third-order valence-electron chi connectivity index (χ3n) is 5.11. The van der Waals surface area contributed by atoms with Gasteiger partial charge in [0.05, 0.1) is 0 Å². The first-order valence-electron chi connectivity index (χ1n) is 9.92. The van der Waals surface area contributed by atoms with Crippen LogP contribution in [0.25, 0.3) is 21.9 Å². The highest BCUT2D eigenvalue weighted by atomic mass is 16.5. The van der Waals surface area contributed by atoms with E-state index < -0.39 is 6.10 Å². The number of hydrogen-bond acceptors (Lipinski definition) is 3. The SMILES string of the molecule is Cc1ccc(C(C)C)c(OC(C)C(=O)Nc2ccc3c(c2)oc2ccccc23)c1. The summed E-state index contributed by atoms with van der Waals surface area (Å²) in [5.41, 5.74) is 4.47. The van der Waals surface area contributed by atoms with Crippen molar-refractivity contribution in [3.05, 3.63) is 71.8 Å². The smallest absolute Gasteiger partial charge is 0.265 e. The maximum Gasteiger partial charge on any atom is 0.265 e. The van der Waals surface area contributed by atoms with Crippen molar-refractivity contribution in [1.29, 1.82) is 0 Å². The minimum Gasteiger partial charge on any atom is -0.481 e. The van der Waals surface area contributed by atoms with Crippen molar-refractivity contribution >= 4 is 33.5 Å². The molecule has 0 radical (unpaired) electrons. The van der Waals surface area contributed by atoms with Gasteiger partial charge in [-0.25, -0.2) is 0 Å². The lowest BCUT2D eigenvalue weighted by Crippen LogP contribution is -2.30. The zero-order valence-corrected chi connectivity index (χ0v) is 17.2. The predicted molar refractivity (Wildman–Crippen MR) is 118 cm³/mol. The Labute approximate surface area is 170 Å². The molecule has 4 rings (SSSR count). The Bertz CT molecular complexity index is 1190. The van der Waals surface area contributed by atoms with Crippen LogP contribution in [0.15, 0.2) is 65.1 Å². The quantitative estimate of drug-likeness (QED) is 0.430. The maximum atomic E-state index is 12.7. The topological polar surface area (TPSA) is 51.5 Å². The van der Waals surface area contributed by atoms with Crippen LogP contribution in [0.3, 0.4) is 0 Å². The molecule has 4 aromatic rings. The average molecular weight is 387 g/mol. The number of para-hydroxylation sites is 1. The van der Waals surface area contributed by atoms with Crippen LogP contribution in [-0.4, -0.2) is 12.0 Å². The second kappa shape index (κ2) is 7.63. The van der Waals surface area contributed by atoms with Crippen LogP contribution in [0.5, 0.6) is 5.75 Å². The molecule has 0 spiro atoms. The third kappa shape index (κ3) is 3.83. The van der Waals surface area contributed by atoms with Gasteiger partial charge in [0.25, 0.3) is 5.91 Å². The third-order valence-corrected chi connectivity index (χ3v) is 5.11. The van der Waals surface area contributed by atoms with Crippen molar-refractivity contribution < 1.29 is 13.9 Å². The van der Waals surface area contributed by atoms with Gasteiger partial charge in [0.15, 0.2) is 6.10 Å². The highest BCUT2D eigenvalue weighted by molar-refractivity contribution is 6.06. The van der Waals surface area contributed by atoms with Crippen molar-refractivity contribution in [2.24, 2.45) is 0 Å². The van der Waals surface area contributed by atoms with Crippen LogP contribution in [-0.2, 0) is 4.79 Å². The van der Waals surface area contributed by atoms with Crippen LogP contribution >= 0.6 is 0 Å². The van der Waals surface area contributed by atoms with E-state index in [1.165, 1.54) is 0 Å². The fourth-order valence-electron chi connectivity index (χ4n) is 3.51. The number of carbonyl (C=O) groups excluding carboxylic acids is 1. The standard InChI is InChI=1S/C25H25NO3/c1-15(2)19-11-9-16(3)13-23(19)28-17(4)25(27)26-18-10-12-21-20-7-5-6-8-22(20)29-24(21)14-18/h5-15,17H,1-4H3,(H,26,27). The molecule has 4 heteroatoms. The van der Waals surface area contributed by atoms with E-state index >= 15 is 0 Å². The molecule has 1 N–H and O–H groups in total. The molecule has 4 nitrogen and oxygen atoms in total. The van der Waals surface area contributed by atoms with E-state index in [1.807, 2.05) is 55.5 Å². The van der Waals surface area contributed by atoms with Gasteiger partial charge < -0.3 is 14.5 Å². The molecule has 29 heavy (non-hydrogen) atoms. The summed E-state index contributed by atoms with van der Waals surface area (Å²) in [6.45, 7) is 8.02. The molecule has 0 fully saturated rings. The second-order valence-electron chi connectivity index (χ2n) is 7.75. The molecule has 0 saturated heterocycles. The largest absolute Gasteiger partial charge is 0.481 e. The first kappa shape index (κ1) is 19.1. The summed E-state index contributed by atoms with van der Waals surface area (Å²) in [6.07, 6.45) is -0.624. The summed E-state index contributed by atoms with van der Waals surface area (Å²) in [6, 6.07) is 19.7. The molecule has 0 saturated carbocycles. The van der Waals surface area contributed by atoms with E-state index in [1.54, 1.807) is 6.92 Å². The Balaban J connectivity index is 1.53. The summed E-state index contributed by atoms with van der Waals surface area (Å²) in [5.74, 6) is 0.878. The van der Waals surface area contributed by atoms with Gasteiger partial charge in [0.1, 0.15) is 16.9 Å². The second-order valence-corrected chi connectivity index (χ2v) is 7.75. The van der Waals surface area contributed by atoms with Gasteiger partial charge in [-0.3, -0.25) is 4.79 Å². The van der Waals surface area contributed by atoms with E-state index in [0.29, 0.717) is 11.6 Å². The van der Waals surface area contributed by atoms with Crippen molar-refractivity contribution in [3.63, 3.8) is 0 Å². The van der Waals surface area contributed by atoms with Crippen molar-refractivity contribution in [3.8, 4) is 5.75 Å². The Kier molecular flexibility index (Phi) is 5.01. The first-order chi connectivity index (χ1) is 13.9. The number of amides is 1. The van der Waals surface area contributed by atoms with Gasteiger partial charge in [-0.15, -0.1) is 0 Å². The normalized spacial score (nSPS) is 12.4. The van der Waals surface area contributed by atoms with Gasteiger partial charge >= 0.3 is 0 Å². The fourth-order valence-corrected chi connectivity index (χ4v) is 3.51. The van der Waals surface area contributed by atoms with Gasteiger partial charge in [-0.2, -0.15) is 0 Å². The van der Waals surface area contributed by atoms with E-state index in [-0.39, 0.29) is 5.91 Å². The fraction of sp³-hybridized carbons (Fsp3) is 0.240. The van der Waals surface area contributed by atoms with Crippen molar-refractivity contribution in [2.45, 2.75) is 39.7 Å². The molecule has 148 valence electrons. The van der Waals surface area contributed by atoms with Crippen molar-refractivity contribution in [1.82, 2.24) is 0 Å². The lowest BCUT2D eigenvalue weighted by atomic mass is 10.0. The highest BCUT2D eigenvalue weighted by Crippen LogP contribution is 2.31. The zero-order chi connectivity index (χ0) is 20.5. The molecule has 1 aromatic heterocycles. The molecule has 1 heterocycles. The summed E-state index contributed by atoms with van der Waals surface area (Å²) < 4.78 is 11.9. The number of ether oxygens (including phenoxy) is 1. The Morgan fingerprint density at radius 3 is 2.48 bits per heavy atom. The highest BCUT2D eigenvalue weighted by Gasteiger charge is 2.18. The number of carbonyl (C=O) groups is 1. The molecule has 1 atom stereocenters. The van der Waals surface area contributed by atoms with Gasteiger partial charge in [-0.1, -0.05) is 44.2 Å². The number of nitrogens with one attached hydrogen (secondary N) is 1. The van der Waals surface area contributed by atoms with E-state index in [9.17, 15) is 4.79 Å². The van der Waals surface area contributed by atoms with Crippen LogP contribution in [0, 0.1) is 6.92 Å². The first-order valence-corrected chi connectivity index (χ1v) is 9.92. The van der Waals surface area contributed by atoms with Gasteiger partial charge in [0.2, 0.25) is 0 Å². The number of aryl methyl sites for hydroxylation is 1. The molecule has 1 unspecified atom stereocenters. The monoisotopic (exact) mass is 387 g/mol. The number of furan rings is 1. The molecule has 0 bridgehead atoms. The van der Waals surface area contributed by atoms with E-state index in [2.05, 4.69) is 31.3 Å². The summed E-state index contributed by atoms with van der Waals surface area (Å²) in [4.78, 5) is 12.7. The lowest BCUT2D eigenvalue weighted by molar-refractivity contribution is -0.122. The number of anilines is 1. The summed E-state index contributed by atoms with van der Waals surface area (Å²) >= 11 is 0. The summed E-state index contributed by atoms with van der Waals surface area (Å²) in [5, 5.41) is 5.04. The molecule has 3 aromatic carbocycles. The molecule has 0 aliphatic carbocycles. The summed E-state index contributed by atoms with van der Waals surface area (Å²) in [7, 11) is 0. The van der Waals surface area contributed by atoms with Gasteiger partial charge in [0, 0.05) is 22.5 Å². The Morgan fingerprint density at radius 1 is 0.931 bits per heavy atom. The van der Waals surface area contributed by atoms with Crippen LogP contribution in [0.1, 0.15) is 37.8 Å². The Morgan fingerprint density at radius 2 is 1.69 bits per heavy atom. The molecule has 1 amide bonds. The van der Waals surface area contributed by atoms with Crippen LogP contribution in [0.2, 0.25) is 0 Å². The average Bonchev–Trinajstić information content (AvgIpc) is 3.05. The molecule has 0 aliphatic heterocycles. The lowest BCUT2D eigenvalue weighted by Gasteiger charge is -2.19. The number of rotatable bonds is 5. The number of benzene rings is 3. The Hall–Kier alpha value is -3.27.